The van der Waals surface area contributed by atoms with E-state index in [1.165, 1.54) is 15.6 Å². The van der Waals surface area contributed by atoms with E-state index in [-0.39, 0.29) is 0 Å². The molecule has 2 aromatic carbocycles. The third-order valence-corrected chi connectivity index (χ3v) is 5.14. The van der Waals surface area contributed by atoms with Crippen molar-refractivity contribution < 1.29 is 0 Å². The minimum atomic E-state index is 0.790. The molecule has 0 amide bonds. The molecule has 0 aliphatic rings. The Labute approximate surface area is 118 Å². The highest BCUT2D eigenvalue weighted by atomic mass is 32.1. The lowest BCUT2D eigenvalue weighted by molar-refractivity contribution is 1.50. The third-order valence-electron chi connectivity index (χ3n) is 3.12. The van der Waals surface area contributed by atoms with E-state index in [4.69, 9.17) is 10.7 Å². The Morgan fingerprint density at radius 1 is 1.00 bits per heavy atom. The molecule has 0 bridgehead atoms. The van der Waals surface area contributed by atoms with Crippen molar-refractivity contribution in [1.29, 1.82) is 0 Å². The van der Waals surface area contributed by atoms with Crippen LogP contribution in [0.1, 0.15) is 0 Å². The van der Waals surface area contributed by atoms with Crippen LogP contribution in [-0.2, 0) is 0 Å². The summed E-state index contributed by atoms with van der Waals surface area (Å²) in [6.45, 7) is 0. The van der Waals surface area contributed by atoms with Gasteiger partial charge in [-0.3, -0.25) is 0 Å². The van der Waals surface area contributed by atoms with Crippen LogP contribution in [0.5, 0.6) is 0 Å². The normalized spacial score (nSPS) is 11.4. The lowest BCUT2D eigenvalue weighted by atomic mass is 10.2. The number of anilines is 1. The minimum Gasteiger partial charge on any atom is -0.399 e. The highest BCUT2D eigenvalue weighted by molar-refractivity contribution is 7.22. The summed E-state index contributed by atoms with van der Waals surface area (Å²) in [4.78, 5) is 4.72. The Morgan fingerprint density at radius 3 is 2.84 bits per heavy atom. The molecular formula is C15H10N2S2. The van der Waals surface area contributed by atoms with Crippen molar-refractivity contribution in [3.05, 3.63) is 47.8 Å². The van der Waals surface area contributed by atoms with E-state index in [1.807, 2.05) is 18.2 Å². The predicted molar refractivity (Wildman–Crippen MR) is 84.9 cm³/mol. The number of thiophene rings is 1. The molecule has 4 rings (SSSR count). The van der Waals surface area contributed by atoms with E-state index in [9.17, 15) is 0 Å². The molecule has 2 N–H and O–H groups in total. The summed E-state index contributed by atoms with van der Waals surface area (Å²) in [7, 11) is 0. The van der Waals surface area contributed by atoms with Gasteiger partial charge in [-0.15, -0.1) is 22.7 Å². The van der Waals surface area contributed by atoms with Gasteiger partial charge in [0.1, 0.15) is 5.01 Å². The zero-order chi connectivity index (χ0) is 12.8. The average molecular weight is 282 g/mol. The molecule has 0 radical (unpaired) electrons. The fraction of sp³-hybridized carbons (Fsp3) is 0. The maximum absolute atomic E-state index is 5.82. The Balaban J connectivity index is 1.99. The number of rotatable bonds is 1. The Morgan fingerprint density at radius 2 is 1.89 bits per heavy atom. The number of nitrogens with zero attached hydrogens (tertiary/aromatic N) is 1. The van der Waals surface area contributed by atoms with E-state index in [2.05, 4.69) is 29.6 Å². The molecule has 0 spiro atoms. The maximum atomic E-state index is 5.82. The van der Waals surface area contributed by atoms with Crippen molar-refractivity contribution >= 4 is 48.7 Å². The second-order valence-corrected chi connectivity index (χ2v) is 6.33. The van der Waals surface area contributed by atoms with Crippen molar-refractivity contribution in [2.45, 2.75) is 0 Å². The van der Waals surface area contributed by atoms with Gasteiger partial charge in [-0.25, -0.2) is 4.98 Å². The Hall–Kier alpha value is -1.91. The van der Waals surface area contributed by atoms with Gasteiger partial charge in [-0.05, 0) is 24.3 Å². The maximum Gasteiger partial charge on any atom is 0.126 e. The predicted octanol–water partition coefficient (Wildman–Crippen LogP) is 4.76. The van der Waals surface area contributed by atoms with Crippen LogP contribution in [0.25, 0.3) is 30.9 Å². The van der Waals surface area contributed by atoms with Crippen molar-refractivity contribution in [2.75, 3.05) is 5.73 Å². The number of nitrogen functional groups attached to an aromatic ring is 1. The summed E-state index contributed by atoms with van der Waals surface area (Å²) < 4.78 is 2.45. The van der Waals surface area contributed by atoms with Gasteiger partial charge < -0.3 is 5.73 Å². The van der Waals surface area contributed by atoms with Crippen LogP contribution in [0.15, 0.2) is 47.8 Å². The van der Waals surface area contributed by atoms with Gasteiger partial charge in [0.15, 0.2) is 0 Å². The SMILES string of the molecule is Nc1ccc2nc(-c3csc4ccccc34)sc2c1. The van der Waals surface area contributed by atoms with Gasteiger partial charge >= 0.3 is 0 Å². The molecule has 0 aliphatic carbocycles. The first-order valence-corrected chi connectivity index (χ1v) is 7.63. The summed E-state index contributed by atoms with van der Waals surface area (Å²) in [5.41, 5.74) is 8.85. The van der Waals surface area contributed by atoms with Crippen LogP contribution in [-0.4, -0.2) is 4.98 Å². The molecule has 92 valence electrons. The Bertz CT molecular complexity index is 889. The molecular weight excluding hydrogens is 272 g/mol. The summed E-state index contributed by atoms with van der Waals surface area (Å²) >= 11 is 3.46. The number of benzene rings is 2. The highest BCUT2D eigenvalue weighted by Gasteiger charge is 2.11. The lowest BCUT2D eigenvalue weighted by Crippen LogP contribution is -1.81. The molecule has 19 heavy (non-hydrogen) atoms. The molecule has 4 aromatic rings. The molecule has 2 heterocycles. The van der Waals surface area contributed by atoms with Crippen molar-refractivity contribution in [3.63, 3.8) is 0 Å². The van der Waals surface area contributed by atoms with Crippen molar-refractivity contribution in [2.24, 2.45) is 0 Å². The second-order valence-electron chi connectivity index (χ2n) is 4.39. The van der Waals surface area contributed by atoms with Crippen LogP contribution in [0.4, 0.5) is 5.69 Å². The van der Waals surface area contributed by atoms with Crippen LogP contribution in [0.2, 0.25) is 0 Å². The van der Waals surface area contributed by atoms with E-state index >= 15 is 0 Å². The van der Waals surface area contributed by atoms with Crippen molar-refractivity contribution in [3.8, 4) is 10.6 Å². The number of nitrogens with two attached hydrogens (primary N) is 1. The van der Waals surface area contributed by atoms with E-state index in [0.29, 0.717) is 0 Å². The summed E-state index contributed by atoms with van der Waals surface area (Å²) in [6.07, 6.45) is 0. The molecule has 2 aromatic heterocycles. The van der Waals surface area contributed by atoms with Crippen LogP contribution in [0.3, 0.4) is 0 Å². The number of hydrogen-bond donors (Lipinski definition) is 1. The number of aromatic nitrogens is 1. The summed E-state index contributed by atoms with van der Waals surface area (Å²) in [6, 6.07) is 14.3. The molecule has 4 heteroatoms. The molecule has 0 saturated heterocycles. The topological polar surface area (TPSA) is 38.9 Å². The van der Waals surface area contributed by atoms with E-state index < -0.39 is 0 Å². The number of fused-ring (bicyclic) bond motifs is 2. The first kappa shape index (κ1) is 11.0. The smallest absolute Gasteiger partial charge is 0.126 e. The zero-order valence-corrected chi connectivity index (χ0v) is 11.6. The number of thiazole rings is 1. The third kappa shape index (κ3) is 1.72. The lowest BCUT2D eigenvalue weighted by Gasteiger charge is -1.92. The molecule has 2 nitrogen and oxygen atoms in total. The van der Waals surface area contributed by atoms with Crippen LogP contribution in [0, 0.1) is 0 Å². The molecule has 0 atom stereocenters. The first-order chi connectivity index (χ1) is 9.31. The number of hydrogen-bond acceptors (Lipinski definition) is 4. The van der Waals surface area contributed by atoms with E-state index in [1.54, 1.807) is 22.7 Å². The average Bonchev–Trinajstić information content (AvgIpc) is 3.00. The standard InChI is InChI=1S/C15H10N2S2/c16-9-5-6-12-14(7-9)19-15(17-12)11-8-18-13-4-2-1-3-10(11)13/h1-8H,16H2. The fourth-order valence-corrected chi connectivity index (χ4v) is 4.26. The van der Waals surface area contributed by atoms with Gasteiger partial charge in [0, 0.05) is 26.7 Å². The van der Waals surface area contributed by atoms with E-state index in [0.717, 1.165) is 20.9 Å². The summed E-state index contributed by atoms with van der Waals surface area (Å²) in [5, 5.41) is 4.53. The monoisotopic (exact) mass is 282 g/mol. The molecule has 0 fully saturated rings. The molecule has 0 saturated carbocycles. The van der Waals surface area contributed by atoms with Crippen LogP contribution < -0.4 is 5.73 Å². The minimum absolute atomic E-state index is 0.790. The van der Waals surface area contributed by atoms with Crippen molar-refractivity contribution in [1.82, 2.24) is 4.98 Å². The zero-order valence-electron chi connectivity index (χ0n) is 9.96. The van der Waals surface area contributed by atoms with Gasteiger partial charge in [0.05, 0.1) is 10.2 Å². The fourth-order valence-electron chi connectivity index (χ4n) is 2.20. The molecule has 0 unspecified atom stereocenters. The highest BCUT2D eigenvalue weighted by Crippen LogP contribution is 2.38. The van der Waals surface area contributed by atoms with Gasteiger partial charge in [0.25, 0.3) is 0 Å². The quantitative estimate of drug-likeness (QED) is 0.511. The Kier molecular flexibility index (Phi) is 2.33. The first-order valence-electron chi connectivity index (χ1n) is 5.94. The molecule has 0 aliphatic heterocycles. The van der Waals surface area contributed by atoms with Gasteiger partial charge in [-0.1, -0.05) is 18.2 Å². The van der Waals surface area contributed by atoms with Crippen LogP contribution >= 0.6 is 22.7 Å². The van der Waals surface area contributed by atoms with Gasteiger partial charge in [-0.2, -0.15) is 0 Å². The summed E-state index contributed by atoms with van der Waals surface area (Å²) in [5.74, 6) is 0. The second kappa shape index (κ2) is 4.05. The van der Waals surface area contributed by atoms with Gasteiger partial charge in [0.2, 0.25) is 0 Å². The largest absolute Gasteiger partial charge is 0.399 e.